The van der Waals surface area contributed by atoms with Gasteiger partial charge in [-0.25, -0.2) is 4.39 Å². The van der Waals surface area contributed by atoms with E-state index in [1.165, 1.54) is 38.1 Å². The summed E-state index contributed by atoms with van der Waals surface area (Å²) in [7, 11) is 5.16. The fourth-order valence-electron chi connectivity index (χ4n) is 0.889. The molecule has 2 radical (unpaired) electrons. The molecule has 1 aliphatic rings. The van der Waals surface area contributed by atoms with Crippen molar-refractivity contribution in [2.75, 3.05) is 13.1 Å². The molecule has 0 aliphatic carbocycles. The molecular weight excluding hydrogens is 248 g/mol. The van der Waals surface area contributed by atoms with Crippen LogP contribution in [-0.4, -0.2) is 20.9 Å². The van der Waals surface area contributed by atoms with Gasteiger partial charge in [-0.05, 0) is 37.4 Å². The third-order valence-corrected chi connectivity index (χ3v) is 1.52. The molecule has 3 heteroatoms. The molecule has 0 unspecified atom stereocenters. The molecule has 0 aromatic heterocycles. The predicted octanol–water partition coefficient (Wildman–Crippen LogP) is 5.16. The number of nitrogens with one attached hydrogen (secondary N) is 1. The minimum absolute atomic E-state index is 0.363. The summed E-state index contributed by atoms with van der Waals surface area (Å²) in [6, 6.07) is 0. The lowest BCUT2D eigenvalue weighted by atomic mass is 9.96. The summed E-state index contributed by atoms with van der Waals surface area (Å²) in [5.41, 5.74) is 0.863. The van der Waals surface area contributed by atoms with Crippen LogP contribution in [-0.2, 0) is 0 Å². The van der Waals surface area contributed by atoms with Crippen LogP contribution in [0.2, 0.25) is 0 Å². The SMILES string of the molecule is C1CCNC1.CC.CC(C)(C)C.[B]C(=C/C=C)/C=C/F. The molecule has 1 N–H and O–H groups in total. The lowest BCUT2D eigenvalue weighted by Gasteiger charge is -2.05. The maximum atomic E-state index is 11.2. The van der Waals surface area contributed by atoms with Gasteiger partial charge in [0.2, 0.25) is 0 Å². The van der Waals surface area contributed by atoms with Crippen molar-refractivity contribution in [1.82, 2.24) is 5.32 Å². The summed E-state index contributed by atoms with van der Waals surface area (Å²) >= 11 is 0. The highest BCUT2D eigenvalue weighted by molar-refractivity contribution is 6.23. The van der Waals surface area contributed by atoms with Crippen LogP contribution in [0.5, 0.6) is 0 Å². The Morgan fingerprint density at radius 2 is 1.55 bits per heavy atom. The van der Waals surface area contributed by atoms with Crippen molar-refractivity contribution in [3.63, 3.8) is 0 Å². The highest BCUT2D eigenvalue weighted by atomic mass is 19.1. The molecule has 1 aliphatic heterocycles. The van der Waals surface area contributed by atoms with Gasteiger partial charge in [0, 0.05) is 0 Å². The number of hydrogen-bond acceptors (Lipinski definition) is 1. The highest BCUT2D eigenvalue weighted by Crippen LogP contribution is 2.08. The van der Waals surface area contributed by atoms with Gasteiger partial charge in [-0.3, -0.25) is 0 Å². The first-order valence-electron chi connectivity index (χ1n) is 7.37. The summed E-state index contributed by atoms with van der Waals surface area (Å²) in [5.74, 6) is 0. The van der Waals surface area contributed by atoms with Crippen LogP contribution in [0.1, 0.15) is 54.4 Å². The van der Waals surface area contributed by atoms with Crippen LogP contribution in [0.15, 0.2) is 36.6 Å². The highest BCUT2D eigenvalue weighted by Gasteiger charge is 1.95. The zero-order chi connectivity index (χ0) is 16.4. The quantitative estimate of drug-likeness (QED) is 0.544. The fourth-order valence-corrected chi connectivity index (χ4v) is 0.889. The lowest BCUT2D eigenvalue weighted by Crippen LogP contribution is -2.03. The zero-order valence-corrected chi connectivity index (χ0v) is 14.3. The summed E-state index contributed by atoms with van der Waals surface area (Å²) in [6.07, 6.45) is 7.32. The van der Waals surface area contributed by atoms with Gasteiger partial charge in [0.15, 0.2) is 0 Å². The molecule has 1 fully saturated rings. The van der Waals surface area contributed by atoms with Gasteiger partial charge >= 0.3 is 0 Å². The van der Waals surface area contributed by atoms with Crippen LogP contribution in [0, 0.1) is 5.41 Å². The second kappa shape index (κ2) is 18.2. The van der Waals surface area contributed by atoms with Crippen LogP contribution in [0.3, 0.4) is 0 Å². The smallest absolute Gasteiger partial charge is 0.113 e. The van der Waals surface area contributed by atoms with Crippen molar-refractivity contribution in [3.8, 4) is 0 Å². The summed E-state index contributed by atoms with van der Waals surface area (Å²) < 4.78 is 11.2. The van der Waals surface area contributed by atoms with Crippen molar-refractivity contribution >= 4 is 7.85 Å². The van der Waals surface area contributed by atoms with Gasteiger partial charge in [0.1, 0.15) is 7.85 Å². The van der Waals surface area contributed by atoms with Crippen molar-refractivity contribution in [2.24, 2.45) is 5.41 Å². The number of rotatable bonds is 2. The summed E-state index contributed by atoms with van der Waals surface area (Å²) in [4.78, 5) is 0. The molecular formula is C17H33BFN. The Labute approximate surface area is 127 Å². The van der Waals surface area contributed by atoms with Crippen molar-refractivity contribution in [2.45, 2.75) is 54.4 Å². The Balaban J connectivity index is -0.000000211. The average Bonchev–Trinajstić information content (AvgIpc) is 2.89. The second-order valence-electron chi connectivity index (χ2n) is 5.65. The Morgan fingerprint density at radius 1 is 1.15 bits per heavy atom. The third kappa shape index (κ3) is 43.4. The number of allylic oxidation sites excluding steroid dienone is 4. The van der Waals surface area contributed by atoms with E-state index in [1.54, 1.807) is 0 Å². The van der Waals surface area contributed by atoms with Crippen molar-refractivity contribution in [1.29, 1.82) is 0 Å². The van der Waals surface area contributed by atoms with Crippen LogP contribution >= 0.6 is 0 Å². The lowest BCUT2D eigenvalue weighted by molar-refractivity contribution is 0.469. The van der Waals surface area contributed by atoms with Gasteiger partial charge in [-0.2, -0.15) is 0 Å². The molecule has 0 atom stereocenters. The molecule has 1 rings (SSSR count). The molecule has 0 aromatic rings. The first kappa shape index (κ1) is 24.2. The van der Waals surface area contributed by atoms with Crippen LogP contribution in [0.25, 0.3) is 0 Å². The van der Waals surface area contributed by atoms with Gasteiger partial charge in [-0.1, -0.05) is 65.7 Å². The normalized spacial score (nSPS) is 14.2. The minimum atomic E-state index is 0.363. The number of hydrogen-bond donors (Lipinski definition) is 1. The summed E-state index contributed by atoms with van der Waals surface area (Å²) in [6.45, 7) is 18.6. The predicted molar refractivity (Wildman–Crippen MR) is 92.9 cm³/mol. The zero-order valence-electron chi connectivity index (χ0n) is 14.3. The molecule has 1 saturated heterocycles. The minimum Gasteiger partial charge on any atom is -0.317 e. The van der Waals surface area contributed by atoms with E-state index < -0.39 is 0 Å². The molecule has 0 bridgehead atoms. The first-order valence-corrected chi connectivity index (χ1v) is 7.37. The van der Waals surface area contributed by atoms with E-state index in [0.29, 0.717) is 17.2 Å². The van der Waals surface area contributed by atoms with Gasteiger partial charge in [0.05, 0.1) is 6.33 Å². The average molecular weight is 281 g/mol. The van der Waals surface area contributed by atoms with Crippen molar-refractivity contribution < 1.29 is 4.39 Å². The van der Waals surface area contributed by atoms with Crippen molar-refractivity contribution in [3.05, 3.63) is 36.6 Å². The third-order valence-electron chi connectivity index (χ3n) is 1.52. The van der Waals surface area contributed by atoms with E-state index in [4.69, 9.17) is 7.85 Å². The first-order chi connectivity index (χ1) is 9.31. The molecule has 20 heavy (non-hydrogen) atoms. The van der Waals surface area contributed by atoms with E-state index in [0.717, 1.165) is 6.08 Å². The molecule has 116 valence electrons. The molecule has 0 aromatic carbocycles. The maximum absolute atomic E-state index is 11.2. The Hall–Kier alpha value is -0.825. The maximum Gasteiger partial charge on any atom is 0.113 e. The van der Waals surface area contributed by atoms with E-state index in [1.807, 2.05) is 13.8 Å². The topological polar surface area (TPSA) is 12.0 Å². The van der Waals surface area contributed by atoms with E-state index in [-0.39, 0.29) is 0 Å². The van der Waals surface area contributed by atoms with E-state index in [2.05, 4.69) is 39.6 Å². The Kier molecular flexibility index (Phi) is 22.0. The molecule has 0 amide bonds. The van der Waals surface area contributed by atoms with E-state index in [9.17, 15) is 4.39 Å². The van der Waals surface area contributed by atoms with Crippen LogP contribution < -0.4 is 5.32 Å². The van der Waals surface area contributed by atoms with Crippen LogP contribution in [0.4, 0.5) is 4.39 Å². The Bertz CT molecular complexity index is 235. The molecule has 0 saturated carbocycles. The summed E-state index contributed by atoms with van der Waals surface area (Å²) in [5, 5.41) is 3.22. The van der Waals surface area contributed by atoms with Gasteiger partial charge in [-0.15, -0.1) is 0 Å². The second-order valence-corrected chi connectivity index (χ2v) is 5.65. The number of halogens is 1. The van der Waals surface area contributed by atoms with Gasteiger partial charge in [0.25, 0.3) is 0 Å². The van der Waals surface area contributed by atoms with E-state index >= 15 is 0 Å². The molecule has 0 spiro atoms. The largest absolute Gasteiger partial charge is 0.317 e. The molecule has 1 heterocycles. The monoisotopic (exact) mass is 281 g/mol. The molecule has 1 nitrogen and oxygen atoms in total. The standard InChI is InChI=1S/C6H6BF.C5H12.C4H9N.C2H6/c1-2-3-6(7)4-5-8;1-5(2,3)4;1-2-4-5-3-1;1-2/h2-5H,1H2;1-4H3;5H,1-4H2;1-2H3/b5-4+,6-3+;;;. The Morgan fingerprint density at radius 3 is 1.75 bits per heavy atom. The fraction of sp³-hybridized carbons (Fsp3) is 0.647. The van der Waals surface area contributed by atoms with Gasteiger partial charge < -0.3 is 5.32 Å².